The van der Waals surface area contributed by atoms with Crippen LogP contribution in [0.4, 0.5) is 0 Å². The third kappa shape index (κ3) is 3.76. The highest BCUT2D eigenvalue weighted by Crippen LogP contribution is 2.25. The van der Waals surface area contributed by atoms with Gasteiger partial charge >= 0.3 is 0 Å². The van der Waals surface area contributed by atoms with Gasteiger partial charge in [0.15, 0.2) is 0 Å². The van der Waals surface area contributed by atoms with E-state index in [1.807, 2.05) is 18.2 Å². The summed E-state index contributed by atoms with van der Waals surface area (Å²) in [6.07, 6.45) is 1.78. The molecular formula is C16H24N4O2. The van der Waals surface area contributed by atoms with Gasteiger partial charge in [0.05, 0.1) is 20.8 Å². The molecule has 6 nitrogen and oxygen atoms in total. The minimum Gasteiger partial charge on any atom is -0.497 e. The highest BCUT2D eigenvalue weighted by molar-refractivity contribution is 5.40. The van der Waals surface area contributed by atoms with Gasteiger partial charge in [0.1, 0.15) is 23.7 Å². The van der Waals surface area contributed by atoms with Crippen molar-refractivity contribution in [1.82, 2.24) is 19.7 Å². The lowest BCUT2D eigenvalue weighted by atomic mass is 10.1. The van der Waals surface area contributed by atoms with Gasteiger partial charge in [-0.15, -0.1) is 10.2 Å². The first kappa shape index (κ1) is 16.3. The molecular weight excluding hydrogens is 280 g/mol. The van der Waals surface area contributed by atoms with Crippen molar-refractivity contribution in [2.75, 3.05) is 21.3 Å². The molecule has 1 aromatic heterocycles. The van der Waals surface area contributed by atoms with Crippen LogP contribution >= 0.6 is 0 Å². The zero-order valence-electron chi connectivity index (χ0n) is 13.9. The van der Waals surface area contributed by atoms with Gasteiger partial charge in [-0.1, -0.05) is 0 Å². The minimum absolute atomic E-state index is 0.352. The Morgan fingerprint density at radius 2 is 1.95 bits per heavy atom. The van der Waals surface area contributed by atoms with E-state index in [1.54, 1.807) is 20.5 Å². The molecule has 22 heavy (non-hydrogen) atoms. The van der Waals surface area contributed by atoms with Crippen molar-refractivity contribution < 1.29 is 9.47 Å². The van der Waals surface area contributed by atoms with Gasteiger partial charge in [-0.2, -0.15) is 0 Å². The Bertz CT molecular complexity index is 610. The lowest BCUT2D eigenvalue weighted by molar-refractivity contribution is 0.294. The first-order valence-electron chi connectivity index (χ1n) is 7.33. The molecule has 0 fully saturated rings. The summed E-state index contributed by atoms with van der Waals surface area (Å²) in [6, 6.07) is 6.18. The van der Waals surface area contributed by atoms with E-state index < -0.39 is 0 Å². The summed E-state index contributed by atoms with van der Waals surface area (Å²) in [5.74, 6) is 2.65. The van der Waals surface area contributed by atoms with Crippen LogP contribution in [0.25, 0.3) is 0 Å². The molecule has 0 spiro atoms. The maximum absolute atomic E-state index is 5.43. The van der Waals surface area contributed by atoms with Crippen LogP contribution in [0.1, 0.15) is 31.3 Å². The Balaban J connectivity index is 2.11. The molecule has 0 atom stereocenters. The number of benzene rings is 1. The molecule has 0 saturated heterocycles. The highest BCUT2D eigenvalue weighted by Gasteiger charge is 2.13. The van der Waals surface area contributed by atoms with Gasteiger partial charge in [0.25, 0.3) is 0 Å². The Kier molecular flexibility index (Phi) is 5.38. The summed E-state index contributed by atoms with van der Waals surface area (Å²) in [5.41, 5.74) is 1.08. The molecule has 0 amide bonds. The number of ether oxygens (including phenoxy) is 2. The zero-order valence-corrected chi connectivity index (χ0v) is 13.9. The van der Waals surface area contributed by atoms with Crippen LogP contribution in [-0.4, -0.2) is 40.9 Å². The molecule has 0 N–H and O–H groups in total. The minimum atomic E-state index is 0.352. The lowest BCUT2D eigenvalue weighted by Crippen LogP contribution is -2.21. The maximum Gasteiger partial charge on any atom is 0.147 e. The lowest BCUT2D eigenvalue weighted by Gasteiger charge is -2.19. The Labute approximate surface area is 131 Å². The number of aromatic nitrogens is 3. The van der Waals surface area contributed by atoms with Gasteiger partial charge in [0.2, 0.25) is 0 Å². The quantitative estimate of drug-likeness (QED) is 0.786. The molecule has 0 aliphatic rings. The second-order valence-electron chi connectivity index (χ2n) is 5.60. The normalized spacial score (nSPS) is 11.2. The van der Waals surface area contributed by atoms with Crippen LogP contribution < -0.4 is 9.47 Å². The van der Waals surface area contributed by atoms with Gasteiger partial charge in [-0.3, -0.25) is 4.90 Å². The molecule has 1 aromatic carbocycles. The summed E-state index contributed by atoms with van der Waals surface area (Å²) in [5, 5.41) is 8.22. The number of methoxy groups -OCH3 is 2. The molecule has 0 saturated carbocycles. The van der Waals surface area contributed by atoms with E-state index >= 15 is 0 Å². The fourth-order valence-corrected chi connectivity index (χ4v) is 2.40. The Hall–Kier alpha value is -2.08. The van der Waals surface area contributed by atoms with Crippen molar-refractivity contribution >= 4 is 0 Å². The SMILES string of the molecule is COc1ccc(OC)c(CN(C)Cc2nncn2C(C)C)c1. The Morgan fingerprint density at radius 1 is 1.18 bits per heavy atom. The van der Waals surface area contributed by atoms with E-state index in [-0.39, 0.29) is 0 Å². The maximum atomic E-state index is 5.43. The van der Waals surface area contributed by atoms with E-state index in [9.17, 15) is 0 Å². The number of hydrogen-bond acceptors (Lipinski definition) is 5. The van der Waals surface area contributed by atoms with Gasteiger partial charge in [-0.25, -0.2) is 0 Å². The molecule has 2 aromatic rings. The van der Waals surface area contributed by atoms with Crippen molar-refractivity contribution in [2.45, 2.75) is 33.0 Å². The first-order valence-corrected chi connectivity index (χ1v) is 7.33. The fourth-order valence-electron chi connectivity index (χ4n) is 2.40. The van der Waals surface area contributed by atoms with Crippen LogP contribution in [-0.2, 0) is 13.1 Å². The molecule has 6 heteroatoms. The predicted octanol–water partition coefficient (Wildman–Crippen LogP) is 2.51. The molecule has 0 radical (unpaired) electrons. The fraction of sp³-hybridized carbons (Fsp3) is 0.500. The van der Waals surface area contributed by atoms with Crippen molar-refractivity contribution in [1.29, 1.82) is 0 Å². The predicted molar refractivity (Wildman–Crippen MR) is 85.1 cm³/mol. The monoisotopic (exact) mass is 304 g/mol. The van der Waals surface area contributed by atoms with Crippen molar-refractivity contribution in [3.8, 4) is 11.5 Å². The topological polar surface area (TPSA) is 52.4 Å². The number of hydrogen-bond donors (Lipinski definition) is 0. The molecule has 120 valence electrons. The zero-order chi connectivity index (χ0) is 16.1. The molecule has 2 rings (SSSR count). The van der Waals surface area contributed by atoms with E-state index in [0.29, 0.717) is 6.04 Å². The third-order valence-electron chi connectivity index (χ3n) is 3.54. The highest BCUT2D eigenvalue weighted by atomic mass is 16.5. The van der Waals surface area contributed by atoms with Crippen molar-refractivity contribution in [2.24, 2.45) is 0 Å². The van der Waals surface area contributed by atoms with Gasteiger partial charge in [0, 0.05) is 18.2 Å². The molecule has 0 bridgehead atoms. The van der Waals surface area contributed by atoms with E-state index in [0.717, 1.165) is 36.0 Å². The molecule has 0 unspecified atom stereocenters. The second-order valence-corrected chi connectivity index (χ2v) is 5.60. The number of nitrogens with zero attached hydrogens (tertiary/aromatic N) is 4. The molecule has 1 heterocycles. The summed E-state index contributed by atoms with van der Waals surface area (Å²) in [4.78, 5) is 2.18. The van der Waals surface area contributed by atoms with E-state index in [1.165, 1.54) is 0 Å². The van der Waals surface area contributed by atoms with Crippen LogP contribution in [0.5, 0.6) is 11.5 Å². The third-order valence-corrected chi connectivity index (χ3v) is 3.54. The molecule has 0 aliphatic carbocycles. The van der Waals surface area contributed by atoms with E-state index in [2.05, 4.69) is 40.6 Å². The average molecular weight is 304 g/mol. The van der Waals surface area contributed by atoms with Gasteiger partial charge < -0.3 is 14.0 Å². The average Bonchev–Trinajstić information content (AvgIpc) is 2.95. The standard InChI is InChI=1S/C16H24N4O2/c1-12(2)20-11-17-18-16(20)10-19(3)9-13-8-14(21-4)6-7-15(13)22-5/h6-8,11-12H,9-10H2,1-5H3. The summed E-state index contributed by atoms with van der Waals surface area (Å²) in [6.45, 7) is 5.71. The van der Waals surface area contributed by atoms with Crippen LogP contribution in [0.3, 0.4) is 0 Å². The second kappa shape index (κ2) is 7.26. The van der Waals surface area contributed by atoms with Crippen LogP contribution in [0, 0.1) is 0 Å². The number of rotatable bonds is 7. The summed E-state index contributed by atoms with van der Waals surface area (Å²) < 4.78 is 12.8. The smallest absolute Gasteiger partial charge is 0.147 e. The first-order chi connectivity index (χ1) is 10.5. The van der Waals surface area contributed by atoms with Crippen molar-refractivity contribution in [3.05, 3.63) is 35.9 Å². The summed E-state index contributed by atoms with van der Waals surface area (Å²) in [7, 11) is 5.40. The Morgan fingerprint density at radius 3 is 2.59 bits per heavy atom. The van der Waals surface area contributed by atoms with Gasteiger partial charge in [-0.05, 0) is 39.1 Å². The van der Waals surface area contributed by atoms with Crippen molar-refractivity contribution in [3.63, 3.8) is 0 Å². The molecule has 0 aliphatic heterocycles. The largest absolute Gasteiger partial charge is 0.497 e. The summed E-state index contributed by atoms with van der Waals surface area (Å²) >= 11 is 0. The van der Waals surface area contributed by atoms with E-state index in [4.69, 9.17) is 9.47 Å². The van der Waals surface area contributed by atoms with Crippen LogP contribution in [0.15, 0.2) is 24.5 Å². The van der Waals surface area contributed by atoms with Crippen LogP contribution in [0.2, 0.25) is 0 Å².